The molecule has 10 heteroatoms. The number of nitrogen functional groups attached to an aromatic ring is 1. The average Bonchev–Trinajstić information content (AvgIpc) is 3.54. The van der Waals surface area contributed by atoms with Crippen molar-refractivity contribution in [2.24, 2.45) is 0 Å². The van der Waals surface area contributed by atoms with Gasteiger partial charge in [0.2, 0.25) is 5.95 Å². The van der Waals surface area contributed by atoms with Crippen molar-refractivity contribution in [3.63, 3.8) is 0 Å². The van der Waals surface area contributed by atoms with Crippen molar-refractivity contribution in [1.29, 1.82) is 0 Å². The summed E-state index contributed by atoms with van der Waals surface area (Å²) in [6.07, 6.45) is 10.3. The highest BCUT2D eigenvalue weighted by atomic mass is 16.2. The first-order chi connectivity index (χ1) is 19.6. The van der Waals surface area contributed by atoms with Gasteiger partial charge in [-0.15, -0.1) is 0 Å². The lowest BCUT2D eigenvalue weighted by molar-refractivity contribution is 0.159. The van der Waals surface area contributed by atoms with Crippen molar-refractivity contribution < 1.29 is 4.79 Å². The molecule has 0 spiro atoms. The van der Waals surface area contributed by atoms with Crippen molar-refractivity contribution in [3.8, 4) is 0 Å². The number of piperazine rings is 1. The number of likely N-dealkylation sites (tertiary alicyclic amines) is 1. The number of rotatable bonds is 11. The molecule has 218 valence electrons. The topological polar surface area (TPSA) is 115 Å². The third-order valence-corrected chi connectivity index (χ3v) is 8.35. The van der Waals surface area contributed by atoms with Crippen LogP contribution in [-0.2, 0) is 13.1 Å². The van der Waals surface area contributed by atoms with Crippen LogP contribution in [0.2, 0.25) is 0 Å². The number of aromatic nitrogens is 2. The predicted molar refractivity (Wildman–Crippen MR) is 161 cm³/mol. The van der Waals surface area contributed by atoms with E-state index in [4.69, 9.17) is 10.7 Å². The molecule has 2 aliphatic heterocycles. The van der Waals surface area contributed by atoms with Crippen LogP contribution in [0.25, 0.3) is 0 Å². The molecule has 2 saturated heterocycles. The second-order valence-corrected chi connectivity index (χ2v) is 11.4. The number of nitrogens with one attached hydrogen (secondary N) is 3. The summed E-state index contributed by atoms with van der Waals surface area (Å²) in [6.45, 7) is 8.28. The Bertz CT molecular complexity index is 1060. The third kappa shape index (κ3) is 8.20. The van der Waals surface area contributed by atoms with Gasteiger partial charge in [0.15, 0.2) is 0 Å². The van der Waals surface area contributed by atoms with Crippen LogP contribution >= 0.6 is 0 Å². The van der Waals surface area contributed by atoms with Crippen molar-refractivity contribution >= 4 is 23.6 Å². The minimum atomic E-state index is 0.172. The predicted octanol–water partition coefficient (Wildman–Crippen LogP) is 3.41. The van der Waals surface area contributed by atoms with E-state index in [9.17, 15) is 4.79 Å². The maximum Gasteiger partial charge on any atom is 0.320 e. The summed E-state index contributed by atoms with van der Waals surface area (Å²) < 4.78 is 0. The highest BCUT2D eigenvalue weighted by molar-refractivity contribution is 5.75. The molecule has 2 aromatic rings. The zero-order chi connectivity index (χ0) is 27.6. The number of hydrogen-bond acceptors (Lipinski definition) is 8. The molecule has 1 aromatic carbocycles. The minimum absolute atomic E-state index is 0.172. The molecule has 5 rings (SSSR count). The first-order valence-corrected chi connectivity index (χ1v) is 15.3. The van der Waals surface area contributed by atoms with Crippen LogP contribution < -0.4 is 26.6 Å². The summed E-state index contributed by atoms with van der Waals surface area (Å²) in [6, 6.07) is 11.4. The summed E-state index contributed by atoms with van der Waals surface area (Å²) in [5.74, 6) is 1.77. The summed E-state index contributed by atoms with van der Waals surface area (Å²) in [4.78, 5) is 27.9. The van der Waals surface area contributed by atoms with Gasteiger partial charge in [-0.25, -0.2) is 4.79 Å². The van der Waals surface area contributed by atoms with Crippen LogP contribution in [0.5, 0.6) is 0 Å². The minimum Gasteiger partial charge on any atom is -0.383 e. The second kappa shape index (κ2) is 14.5. The normalized spacial score (nSPS) is 18.4. The van der Waals surface area contributed by atoms with Gasteiger partial charge in [0.05, 0.1) is 0 Å². The Morgan fingerprint density at radius 2 is 1.50 bits per heavy atom. The molecule has 0 atom stereocenters. The SMILES string of the molecule is Nc1cc(N2CCN(C(=O)N3CCCC3)CC2)nc(NCc2ccc(CNCCCNC3CCCCC3)cc2)n1. The smallest absolute Gasteiger partial charge is 0.320 e. The monoisotopic (exact) mass is 549 g/mol. The van der Waals surface area contributed by atoms with Gasteiger partial charge in [0, 0.05) is 64.5 Å². The summed E-state index contributed by atoms with van der Waals surface area (Å²) >= 11 is 0. The molecule has 0 bridgehead atoms. The molecule has 3 aliphatic rings. The van der Waals surface area contributed by atoms with E-state index in [-0.39, 0.29) is 6.03 Å². The highest BCUT2D eigenvalue weighted by Crippen LogP contribution is 2.20. The quantitative estimate of drug-likeness (QED) is 0.315. The largest absolute Gasteiger partial charge is 0.383 e. The van der Waals surface area contributed by atoms with Crippen LogP contribution in [0, 0.1) is 0 Å². The number of anilines is 3. The second-order valence-electron chi connectivity index (χ2n) is 11.4. The molecule has 2 amide bonds. The number of nitrogens with two attached hydrogens (primary N) is 1. The summed E-state index contributed by atoms with van der Waals surface area (Å²) in [5, 5.41) is 10.6. The van der Waals surface area contributed by atoms with Crippen molar-refractivity contribution in [1.82, 2.24) is 30.4 Å². The number of urea groups is 1. The molecule has 3 heterocycles. The molecular formula is C30H47N9O. The van der Waals surface area contributed by atoms with Gasteiger partial charge in [-0.05, 0) is 56.3 Å². The van der Waals surface area contributed by atoms with E-state index in [0.29, 0.717) is 31.4 Å². The van der Waals surface area contributed by atoms with Crippen molar-refractivity contribution in [2.75, 3.05) is 68.3 Å². The number of carbonyl (C=O) groups excluding carboxylic acids is 1. The first-order valence-electron chi connectivity index (χ1n) is 15.3. The van der Waals surface area contributed by atoms with Gasteiger partial charge in [0.25, 0.3) is 0 Å². The molecule has 1 aliphatic carbocycles. The molecular weight excluding hydrogens is 502 g/mol. The van der Waals surface area contributed by atoms with Crippen LogP contribution in [0.3, 0.4) is 0 Å². The van der Waals surface area contributed by atoms with Crippen LogP contribution in [0.4, 0.5) is 22.4 Å². The van der Waals surface area contributed by atoms with E-state index in [1.54, 1.807) is 0 Å². The number of amides is 2. The van der Waals surface area contributed by atoms with Crippen LogP contribution in [-0.4, -0.2) is 84.2 Å². The Morgan fingerprint density at radius 1 is 0.825 bits per heavy atom. The van der Waals surface area contributed by atoms with Crippen molar-refractivity contribution in [2.45, 2.75) is 70.5 Å². The number of carbonyl (C=O) groups is 1. The maximum absolute atomic E-state index is 12.7. The van der Waals surface area contributed by atoms with Gasteiger partial charge < -0.3 is 36.4 Å². The Labute approximate surface area is 239 Å². The molecule has 0 radical (unpaired) electrons. The molecule has 5 N–H and O–H groups in total. The van der Waals surface area contributed by atoms with E-state index in [1.807, 2.05) is 15.9 Å². The molecule has 40 heavy (non-hydrogen) atoms. The van der Waals surface area contributed by atoms with Crippen LogP contribution in [0.1, 0.15) is 62.5 Å². The molecule has 1 aromatic heterocycles. The van der Waals surface area contributed by atoms with Crippen molar-refractivity contribution in [3.05, 3.63) is 41.5 Å². The zero-order valence-electron chi connectivity index (χ0n) is 23.9. The van der Waals surface area contributed by atoms with E-state index < -0.39 is 0 Å². The fraction of sp³-hybridized carbons (Fsp3) is 0.633. The Morgan fingerprint density at radius 3 is 2.23 bits per heavy atom. The van der Waals surface area contributed by atoms with Gasteiger partial charge in [0.1, 0.15) is 11.6 Å². The fourth-order valence-corrected chi connectivity index (χ4v) is 5.94. The maximum atomic E-state index is 12.7. The Balaban J connectivity index is 1.02. The number of nitrogens with zero attached hydrogens (tertiary/aromatic N) is 5. The molecule has 1 saturated carbocycles. The van der Waals surface area contributed by atoms with Gasteiger partial charge in [-0.2, -0.15) is 9.97 Å². The first kappa shape index (κ1) is 28.4. The third-order valence-electron chi connectivity index (χ3n) is 8.35. The standard InChI is InChI=1S/C30H47N9O/c31-27-21-28(37-17-19-39(20-18-37)30(40)38-15-4-5-16-38)36-29(35-27)34-23-25-11-9-24(10-12-25)22-32-13-6-14-33-26-7-2-1-3-8-26/h9-12,21,26,32-33H,1-8,13-20,22-23H2,(H3,31,34,35,36). The van der Waals surface area contributed by atoms with Gasteiger partial charge >= 0.3 is 6.03 Å². The lowest BCUT2D eigenvalue weighted by Crippen LogP contribution is -2.52. The van der Waals surface area contributed by atoms with E-state index in [2.05, 4.69) is 50.1 Å². The Hall–Kier alpha value is -3.11. The summed E-state index contributed by atoms with van der Waals surface area (Å²) in [5.41, 5.74) is 8.58. The zero-order valence-corrected chi connectivity index (χ0v) is 23.9. The Kier molecular flexibility index (Phi) is 10.3. The lowest BCUT2D eigenvalue weighted by Gasteiger charge is -2.37. The molecule has 10 nitrogen and oxygen atoms in total. The molecule has 0 unspecified atom stereocenters. The number of hydrogen-bond donors (Lipinski definition) is 4. The van der Waals surface area contributed by atoms with E-state index in [1.165, 1.54) is 43.2 Å². The van der Waals surface area contributed by atoms with Gasteiger partial charge in [-0.3, -0.25) is 0 Å². The average molecular weight is 550 g/mol. The fourth-order valence-electron chi connectivity index (χ4n) is 5.94. The molecule has 3 fully saturated rings. The number of benzene rings is 1. The summed E-state index contributed by atoms with van der Waals surface area (Å²) in [7, 11) is 0. The highest BCUT2D eigenvalue weighted by Gasteiger charge is 2.27. The lowest BCUT2D eigenvalue weighted by atomic mass is 9.95. The van der Waals surface area contributed by atoms with E-state index >= 15 is 0 Å². The van der Waals surface area contributed by atoms with E-state index in [0.717, 1.165) is 76.9 Å². The van der Waals surface area contributed by atoms with Gasteiger partial charge in [-0.1, -0.05) is 43.5 Å². The van der Waals surface area contributed by atoms with Crippen LogP contribution in [0.15, 0.2) is 30.3 Å².